The fourth-order valence-electron chi connectivity index (χ4n) is 2.64. The van der Waals surface area contributed by atoms with Crippen LogP contribution in [0.15, 0.2) is 15.4 Å². The van der Waals surface area contributed by atoms with Gasteiger partial charge in [0.15, 0.2) is 0 Å². The van der Waals surface area contributed by atoms with Crippen molar-refractivity contribution in [1.82, 2.24) is 10.0 Å². The van der Waals surface area contributed by atoms with Crippen molar-refractivity contribution < 1.29 is 12.8 Å². The van der Waals surface area contributed by atoms with E-state index < -0.39 is 10.0 Å². The first-order valence-electron chi connectivity index (χ1n) is 6.70. The van der Waals surface area contributed by atoms with E-state index in [1.54, 1.807) is 20.0 Å². The minimum atomic E-state index is -3.48. The molecule has 0 radical (unpaired) electrons. The summed E-state index contributed by atoms with van der Waals surface area (Å²) in [6.45, 7) is 4.30. The molecule has 2 unspecified atom stereocenters. The summed E-state index contributed by atoms with van der Waals surface area (Å²) in [5, 5.41) is 2.95. The van der Waals surface area contributed by atoms with E-state index in [0.717, 1.165) is 19.3 Å². The lowest BCUT2D eigenvalue weighted by Gasteiger charge is -2.16. The van der Waals surface area contributed by atoms with Gasteiger partial charge in [0.1, 0.15) is 16.4 Å². The van der Waals surface area contributed by atoms with E-state index in [0.29, 0.717) is 24.0 Å². The summed E-state index contributed by atoms with van der Waals surface area (Å²) >= 11 is 0. The summed E-state index contributed by atoms with van der Waals surface area (Å²) in [7, 11) is -1.68. The third kappa shape index (κ3) is 3.19. The number of nitrogens with one attached hydrogen (secondary N) is 2. The van der Waals surface area contributed by atoms with Crippen molar-refractivity contribution in [2.75, 3.05) is 7.05 Å². The first kappa shape index (κ1) is 14.6. The maximum Gasteiger partial charge on any atom is 0.244 e. The zero-order chi connectivity index (χ0) is 14.0. The summed E-state index contributed by atoms with van der Waals surface area (Å²) in [5.41, 5.74) is 0. The topological polar surface area (TPSA) is 71.3 Å². The van der Waals surface area contributed by atoms with Crippen LogP contribution in [0.2, 0.25) is 0 Å². The molecule has 0 spiro atoms. The fraction of sp³-hybridized carbons (Fsp3) is 0.692. The molecule has 1 aromatic heterocycles. The van der Waals surface area contributed by atoms with Crippen molar-refractivity contribution in [3.8, 4) is 0 Å². The first-order chi connectivity index (χ1) is 8.94. The SMILES string of the molecule is CNCc1cc(S(=O)(=O)NC2CCCC2C)c(C)o1. The molecule has 19 heavy (non-hydrogen) atoms. The minimum absolute atomic E-state index is 0.0482. The molecule has 5 nitrogen and oxygen atoms in total. The Morgan fingerprint density at radius 1 is 1.42 bits per heavy atom. The van der Waals surface area contributed by atoms with E-state index in [-0.39, 0.29) is 10.9 Å². The maximum atomic E-state index is 12.4. The molecule has 2 rings (SSSR count). The third-order valence-electron chi connectivity index (χ3n) is 3.73. The van der Waals surface area contributed by atoms with E-state index in [9.17, 15) is 8.42 Å². The minimum Gasteiger partial charge on any atom is -0.464 e. The highest BCUT2D eigenvalue weighted by molar-refractivity contribution is 7.89. The summed E-state index contributed by atoms with van der Waals surface area (Å²) < 4.78 is 33.0. The van der Waals surface area contributed by atoms with E-state index in [4.69, 9.17) is 4.42 Å². The average molecular weight is 286 g/mol. The molecule has 1 aromatic rings. The molecular formula is C13H22N2O3S. The van der Waals surface area contributed by atoms with Gasteiger partial charge in [0.25, 0.3) is 0 Å². The number of hydrogen-bond donors (Lipinski definition) is 2. The predicted octanol–water partition coefficient (Wildman–Crippen LogP) is 1.77. The largest absolute Gasteiger partial charge is 0.464 e. The lowest BCUT2D eigenvalue weighted by Crippen LogP contribution is -2.36. The Hall–Kier alpha value is -0.850. The fourth-order valence-corrected chi connectivity index (χ4v) is 4.22. The number of aryl methyl sites for hydroxylation is 1. The van der Waals surface area contributed by atoms with Gasteiger partial charge in [-0.1, -0.05) is 13.3 Å². The Kier molecular flexibility index (Phi) is 4.32. The molecule has 0 amide bonds. The van der Waals surface area contributed by atoms with Gasteiger partial charge >= 0.3 is 0 Å². The average Bonchev–Trinajstić information content (AvgIpc) is 2.87. The second kappa shape index (κ2) is 5.64. The Balaban J connectivity index is 2.19. The van der Waals surface area contributed by atoms with Gasteiger partial charge < -0.3 is 9.73 Å². The summed E-state index contributed by atoms with van der Waals surface area (Å²) in [5.74, 6) is 1.49. The standard InChI is InChI=1S/C13H22N2O3S/c1-9-5-4-6-12(9)15-19(16,17)13-7-11(8-14-3)18-10(13)2/h7,9,12,14-15H,4-6,8H2,1-3H3. The van der Waals surface area contributed by atoms with Gasteiger partial charge in [0.2, 0.25) is 10.0 Å². The Labute approximate surface area is 114 Å². The molecular weight excluding hydrogens is 264 g/mol. The number of furan rings is 1. The second-order valence-electron chi connectivity index (χ2n) is 5.30. The monoisotopic (exact) mass is 286 g/mol. The van der Waals surface area contributed by atoms with Crippen molar-refractivity contribution in [3.05, 3.63) is 17.6 Å². The smallest absolute Gasteiger partial charge is 0.244 e. The van der Waals surface area contributed by atoms with E-state index in [1.807, 2.05) is 0 Å². The van der Waals surface area contributed by atoms with Crippen LogP contribution >= 0.6 is 0 Å². The molecule has 0 aromatic carbocycles. The molecule has 0 bridgehead atoms. The molecule has 0 saturated heterocycles. The van der Waals surface area contributed by atoms with Crippen LogP contribution in [0.5, 0.6) is 0 Å². The molecule has 1 fully saturated rings. The van der Waals surface area contributed by atoms with Gasteiger partial charge in [0, 0.05) is 12.1 Å². The molecule has 2 atom stereocenters. The second-order valence-corrected chi connectivity index (χ2v) is 6.98. The van der Waals surface area contributed by atoms with Gasteiger partial charge in [-0.2, -0.15) is 0 Å². The van der Waals surface area contributed by atoms with Crippen LogP contribution in [0.4, 0.5) is 0 Å². The highest BCUT2D eigenvalue weighted by atomic mass is 32.2. The van der Waals surface area contributed by atoms with E-state index in [1.165, 1.54) is 0 Å². The molecule has 6 heteroatoms. The molecule has 108 valence electrons. The van der Waals surface area contributed by atoms with Crippen LogP contribution in [0.25, 0.3) is 0 Å². The van der Waals surface area contributed by atoms with Crippen molar-refractivity contribution in [3.63, 3.8) is 0 Å². The highest BCUT2D eigenvalue weighted by Crippen LogP contribution is 2.27. The number of rotatable bonds is 5. The molecule has 1 aliphatic rings. The number of hydrogen-bond acceptors (Lipinski definition) is 4. The van der Waals surface area contributed by atoms with Crippen LogP contribution in [0.3, 0.4) is 0 Å². The van der Waals surface area contributed by atoms with Crippen LogP contribution in [0.1, 0.15) is 37.7 Å². The predicted molar refractivity (Wildman–Crippen MR) is 73.3 cm³/mol. The summed E-state index contributed by atoms with van der Waals surface area (Å²) in [6.07, 6.45) is 3.09. The van der Waals surface area contributed by atoms with E-state index >= 15 is 0 Å². The van der Waals surface area contributed by atoms with Gasteiger partial charge in [-0.05, 0) is 32.7 Å². The third-order valence-corrected chi connectivity index (χ3v) is 5.33. The zero-order valence-corrected chi connectivity index (χ0v) is 12.5. The van der Waals surface area contributed by atoms with Crippen LogP contribution < -0.4 is 10.0 Å². The van der Waals surface area contributed by atoms with Crippen molar-refractivity contribution in [1.29, 1.82) is 0 Å². The Bertz CT molecular complexity index is 536. The lowest BCUT2D eigenvalue weighted by molar-refractivity contribution is 0.461. The quantitative estimate of drug-likeness (QED) is 0.865. The number of sulfonamides is 1. The molecule has 1 heterocycles. The molecule has 1 saturated carbocycles. The van der Waals surface area contributed by atoms with Crippen molar-refractivity contribution >= 4 is 10.0 Å². The Morgan fingerprint density at radius 2 is 2.16 bits per heavy atom. The van der Waals surface area contributed by atoms with Gasteiger partial charge in [-0.25, -0.2) is 13.1 Å². The summed E-state index contributed by atoms with van der Waals surface area (Å²) in [4.78, 5) is 0.261. The molecule has 0 aliphatic heterocycles. The summed E-state index contributed by atoms with van der Waals surface area (Å²) in [6, 6.07) is 1.65. The van der Waals surface area contributed by atoms with E-state index in [2.05, 4.69) is 17.0 Å². The highest BCUT2D eigenvalue weighted by Gasteiger charge is 2.30. The van der Waals surface area contributed by atoms with Crippen LogP contribution in [-0.2, 0) is 16.6 Å². The first-order valence-corrected chi connectivity index (χ1v) is 8.18. The Morgan fingerprint density at radius 3 is 2.74 bits per heavy atom. The van der Waals surface area contributed by atoms with Gasteiger partial charge in [0.05, 0.1) is 6.54 Å². The van der Waals surface area contributed by atoms with Gasteiger partial charge in [-0.3, -0.25) is 0 Å². The van der Waals surface area contributed by atoms with Crippen LogP contribution in [0, 0.1) is 12.8 Å². The zero-order valence-electron chi connectivity index (χ0n) is 11.7. The molecule has 1 aliphatic carbocycles. The van der Waals surface area contributed by atoms with Gasteiger partial charge in [-0.15, -0.1) is 0 Å². The normalized spacial score (nSPS) is 23.9. The van der Waals surface area contributed by atoms with Crippen LogP contribution in [-0.4, -0.2) is 21.5 Å². The van der Waals surface area contributed by atoms with Crippen molar-refractivity contribution in [2.24, 2.45) is 5.92 Å². The molecule has 2 N–H and O–H groups in total. The van der Waals surface area contributed by atoms with Crippen molar-refractivity contribution in [2.45, 2.75) is 50.6 Å². The lowest BCUT2D eigenvalue weighted by atomic mass is 10.1. The maximum absolute atomic E-state index is 12.4.